The van der Waals surface area contributed by atoms with E-state index in [-0.39, 0.29) is 31.7 Å². The number of aliphatic hydroxyl groups excluding tert-OH is 1. The maximum atomic E-state index is 11.3. The van der Waals surface area contributed by atoms with Gasteiger partial charge in [0, 0.05) is 12.8 Å². The van der Waals surface area contributed by atoms with Crippen LogP contribution in [0, 0.1) is 0 Å². The Morgan fingerprint density at radius 1 is 1.60 bits per heavy atom. The molecule has 0 spiro atoms. The highest BCUT2D eigenvalue weighted by Crippen LogP contribution is 2.17. The highest BCUT2D eigenvalue weighted by atomic mass is 16.6. The van der Waals surface area contributed by atoms with E-state index in [9.17, 15) is 9.59 Å². The zero-order valence-electron chi connectivity index (χ0n) is 9.64. The van der Waals surface area contributed by atoms with E-state index < -0.39 is 24.8 Å². The SMILES string of the molecule is [3H]C1CC(OC(=O)CCC(C)=O)[C@@H](CO)O1. The lowest BCUT2D eigenvalue weighted by Gasteiger charge is -2.16. The molecule has 0 aromatic heterocycles. The molecular weight excluding hydrogens is 200 g/mol. The number of carbonyl (C=O) groups is 2. The van der Waals surface area contributed by atoms with Gasteiger partial charge in [0.2, 0.25) is 0 Å². The van der Waals surface area contributed by atoms with Crippen LogP contribution in [0.5, 0.6) is 0 Å². The van der Waals surface area contributed by atoms with Crippen molar-refractivity contribution >= 4 is 11.8 Å². The molecular formula is C10H16O5. The zero-order chi connectivity index (χ0) is 12.1. The Morgan fingerprint density at radius 3 is 2.93 bits per heavy atom. The van der Waals surface area contributed by atoms with E-state index in [1.807, 2.05) is 0 Å². The van der Waals surface area contributed by atoms with Crippen LogP contribution in [-0.2, 0) is 19.1 Å². The van der Waals surface area contributed by atoms with Gasteiger partial charge in [0.1, 0.15) is 18.0 Å². The lowest BCUT2D eigenvalue weighted by atomic mass is 10.2. The molecule has 1 rings (SSSR count). The lowest BCUT2D eigenvalue weighted by Crippen LogP contribution is -2.30. The summed E-state index contributed by atoms with van der Waals surface area (Å²) in [5.41, 5.74) is 0. The van der Waals surface area contributed by atoms with Gasteiger partial charge in [0.05, 0.1) is 21.0 Å². The number of carbonyl (C=O) groups excluding carboxylic acids is 2. The molecule has 0 radical (unpaired) electrons. The minimum Gasteiger partial charge on any atom is -0.459 e. The van der Waals surface area contributed by atoms with E-state index in [0.717, 1.165) is 0 Å². The summed E-state index contributed by atoms with van der Waals surface area (Å²) in [6, 6.07) is 0. The summed E-state index contributed by atoms with van der Waals surface area (Å²) in [4.78, 5) is 22.0. The van der Waals surface area contributed by atoms with Gasteiger partial charge in [-0.2, -0.15) is 0 Å². The number of hydrogen-bond acceptors (Lipinski definition) is 5. The second-order valence-electron chi connectivity index (χ2n) is 3.49. The lowest BCUT2D eigenvalue weighted by molar-refractivity contribution is -0.153. The van der Waals surface area contributed by atoms with Crippen molar-refractivity contribution in [2.24, 2.45) is 0 Å². The first kappa shape index (κ1) is 10.6. The van der Waals surface area contributed by atoms with Crippen molar-refractivity contribution in [2.75, 3.05) is 13.2 Å². The normalized spacial score (nSPS) is 31.1. The molecule has 0 amide bonds. The molecule has 0 aromatic carbocycles. The number of ketones is 1. The van der Waals surface area contributed by atoms with Crippen molar-refractivity contribution in [3.63, 3.8) is 0 Å². The number of esters is 1. The van der Waals surface area contributed by atoms with Crippen molar-refractivity contribution in [1.82, 2.24) is 0 Å². The van der Waals surface area contributed by atoms with Crippen LogP contribution in [0.4, 0.5) is 0 Å². The highest BCUT2D eigenvalue weighted by Gasteiger charge is 2.30. The van der Waals surface area contributed by atoms with Crippen molar-refractivity contribution in [1.29, 1.82) is 0 Å². The number of ether oxygens (including phenoxy) is 2. The minimum absolute atomic E-state index is 0.0344. The molecule has 1 heterocycles. The van der Waals surface area contributed by atoms with E-state index in [0.29, 0.717) is 0 Å². The number of hydrogen-bond donors (Lipinski definition) is 1. The summed E-state index contributed by atoms with van der Waals surface area (Å²) < 4.78 is 17.4. The fraction of sp³-hybridized carbons (Fsp3) is 0.800. The second-order valence-corrected chi connectivity index (χ2v) is 3.49. The van der Waals surface area contributed by atoms with Crippen molar-refractivity contribution in [3.8, 4) is 0 Å². The summed E-state index contributed by atoms with van der Waals surface area (Å²) in [5, 5.41) is 8.93. The van der Waals surface area contributed by atoms with E-state index >= 15 is 0 Å². The maximum absolute atomic E-state index is 11.3. The van der Waals surface area contributed by atoms with Crippen LogP contribution < -0.4 is 0 Å². The van der Waals surface area contributed by atoms with Gasteiger partial charge in [0.25, 0.3) is 0 Å². The first-order valence-corrected chi connectivity index (χ1v) is 4.90. The van der Waals surface area contributed by atoms with Gasteiger partial charge >= 0.3 is 5.97 Å². The molecule has 3 atom stereocenters. The molecule has 2 unspecified atom stereocenters. The molecule has 1 fully saturated rings. The zero-order valence-corrected chi connectivity index (χ0v) is 8.64. The van der Waals surface area contributed by atoms with Gasteiger partial charge in [-0.15, -0.1) is 0 Å². The third-order valence-electron chi connectivity index (χ3n) is 2.16. The Hall–Kier alpha value is -0.940. The van der Waals surface area contributed by atoms with Crippen molar-refractivity contribution in [2.45, 2.75) is 38.4 Å². The Balaban J connectivity index is 2.35. The predicted octanol–water partition coefficient (Wildman–Crippen LogP) is 0.0486. The molecule has 0 saturated carbocycles. The average molecular weight is 218 g/mol. The maximum Gasteiger partial charge on any atom is 0.306 e. The third kappa shape index (κ3) is 3.97. The van der Waals surface area contributed by atoms with Gasteiger partial charge in [-0.3, -0.25) is 4.79 Å². The van der Waals surface area contributed by atoms with Gasteiger partial charge < -0.3 is 19.4 Å². The molecule has 0 aromatic rings. The number of aliphatic hydroxyl groups is 1. The van der Waals surface area contributed by atoms with E-state index in [4.69, 9.17) is 16.0 Å². The second kappa shape index (κ2) is 5.82. The smallest absolute Gasteiger partial charge is 0.306 e. The molecule has 1 aliphatic heterocycles. The fourth-order valence-corrected chi connectivity index (χ4v) is 1.30. The number of Topliss-reactive ketones (excluding diaryl/α,β-unsaturated/α-hetero) is 1. The van der Waals surface area contributed by atoms with Gasteiger partial charge in [0.15, 0.2) is 0 Å². The summed E-state index contributed by atoms with van der Waals surface area (Å²) in [6.45, 7) is 0.366. The van der Waals surface area contributed by atoms with E-state index in [1.54, 1.807) is 0 Å². The molecule has 5 nitrogen and oxygen atoms in total. The Labute approximate surface area is 89.8 Å². The predicted molar refractivity (Wildman–Crippen MR) is 51.2 cm³/mol. The Kier molecular flexibility index (Phi) is 4.11. The number of rotatable bonds is 5. The molecule has 1 N–H and O–H groups in total. The van der Waals surface area contributed by atoms with Crippen LogP contribution in [0.25, 0.3) is 0 Å². The van der Waals surface area contributed by atoms with Crippen LogP contribution in [0.1, 0.15) is 27.6 Å². The minimum atomic E-state index is -0.761. The first-order chi connectivity index (χ1) is 7.52. The average Bonchev–Trinajstić information content (AvgIpc) is 2.55. The van der Waals surface area contributed by atoms with Crippen LogP contribution in [0.3, 0.4) is 0 Å². The summed E-state index contributed by atoms with van der Waals surface area (Å²) in [7, 11) is 0. The molecule has 5 heteroatoms. The van der Waals surface area contributed by atoms with Crippen molar-refractivity contribution in [3.05, 3.63) is 0 Å². The fourth-order valence-electron chi connectivity index (χ4n) is 1.30. The van der Waals surface area contributed by atoms with Crippen LogP contribution in [0.2, 0.25) is 0 Å². The first-order valence-electron chi connectivity index (χ1n) is 5.48. The highest BCUT2D eigenvalue weighted by molar-refractivity contribution is 5.81. The molecule has 0 bridgehead atoms. The molecule has 86 valence electrons. The van der Waals surface area contributed by atoms with Gasteiger partial charge in [-0.1, -0.05) is 0 Å². The van der Waals surface area contributed by atoms with Crippen molar-refractivity contribution < 1.29 is 25.5 Å². The quantitative estimate of drug-likeness (QED) is 0.660. The van der Waals surface area contributed by atoms with Gasteiger partial charge in [-0.05, 0) is 6.92 Å². The topological polar surface area (TPSA) is 72.8 Å². The molecule has 0 aliphatic carbocycles. The van der Waals surface area contributed by atoms with E-state index in [2.05, 4.69) is 0 Å². The monoisotopic (exact) mass is 218 g/mol. The Morgan fingerprint density at radius 2 is 2.33 bits per heavy atom. The van der Waals surface area contributed by atoms with Crippen LogP contribution in [0.15, 0.2) is 0 Å². The molecule has 15 heavy (non-hydrogen) atoms. The van der Waals surface area contributed by atoms with Crippen LogP contribution in [-0.4, -0.2) is 42.3 Å². The van der Waals surface area contributed by atoms with Crippen LogP contribution >= 0.6 is 0 Å². The third-order valence-corrected chi connectivity index (χ3v) is 2.16. The summed E-state index contributed by atoms with van der Waals surface area (Å²) in [6.07, 6.45) is -0.750. The Bertz CT molecular complexity index is 268. The summed E-state index contributed by atoms with van der Waals surface area (Å²) in [5.74, 6) is -0.562. The molecule has 1 saturated heterocycles. The van der Waals surface area contributed by atoms with E-state index in [1.165, 1.54) is 6.92 Å². The molecule has 1 aliphatic rings. The largest absolute Gasteiger partial charge is 0.459 e. The standard InChI is InChI=1S/C10H16O5/c1-7(12)2-3-10(13)15-8-4-5-14-9(8)6-11/h8-9,11H,2-6H2,1H3/t8?,9-/m1/s1/i5T/t5?,8?,9-. The summed E-state index contributed by atoms with van der Waals surface area (Å²) >= 11 is 0. The van der Waals surface area contributed by atoms with Gasteiger partial charge in [-0.25, -0.2) is 0 Å².